The lowest BCUT2D eigenvalue weighted by Crippen LogP contribution is -2.45. The lowest BCUT2D eigenvalue weighted by atomic mass is 9.95. The van der Waals surface area contributed by atoms with Crippen molar-refractivity contribution < 1.29 is 9.59 Å². The summed E-state index contributed by atoms with van der Waals surface area (Å²) < 4.78 is 0. The van der Waals surface area contributed by atoms with Gasteiger partial charge in [0.15, 0.2) is 0 Å². The second-order valence-corrected chi connectivity index (χ2v) is 8.19. The van der Waals surface area contributed by atoms with Crippen molar-refractivity contribution in [3.63, 3.8) is 0 Å². The molecule has 3 rings (SSSR count). The van der Waals surface area contributed by atoms with Crippen LogP contribution in [-0.2, 0) is 4.79 Å². The maximum atomic E-state index is 12.9. The zero-order valence-electron chi connectivity index (χ0n) is 16.7. The van der Waals surface area contributed by atoms with Crippen LogP contribution in [0.4, 0.5) is 0 Å². The fourth-order valence-electron chi connectivity index (χ4n) is 3.85. The molecule has 148 valence electrons. The second-order valence-electron chi connectivity index (χ2n) is 7.75. The van der Waals surface area contributed by atoms with Crippen molar-refractivity contribution in [3.8, 4) is 0 Å². The number of nitrogens with one attached hydrogen (secondary N) is 1. The molecule has 1 fully saturated rings. The minimum Gasteiger partial charge on any atom is -0.349 e. The highest BCUT2D eigenvalue weighted by molar-refractivity contribution is 6.30. The van der Waals surface area contributed by atoms with Crippen LogP contribution in [0, 0.1) is 19.8 Å². The Balaban J connectivity index is 1.65. The van der Waals surface area contributed by atoms with Gasteiger partial charge in [-0.1, -0.05) is 40.9 Å². The van der Waals surface area contributed by atoms with Gasteiger partial charge in [-0.25, -0.2) is 0 Å². The van der Waals surface area contributed by atoms with Crippen LogP contribution in [0.15, 0.2) is 42.5 Å². The highest BCUT2D eigenvalue weighted by Gasteiger charge is 2.29. The van der Waals surface area contributed by atoms with Crippen LogP contribution in [0.25, 0.3) is 0 Å². The van der Waals surface area contributed by atoms with Crippen LogP contribution in [0.1, 0.15) is 52.9 Å². The summed E-state index contributed by atoms with van der Waals surface area (Å²) in [6.45, 7) is 7.09. The van der Waals surface area contributed by atoms with Gasteiger partial charge in [-0.15, -0.1) is 0 Å². The number of benzene rings is 2. The SMILES string of the molecule is Cc1cc(C)cc(C(=O)N2CCCC(C(=O)NC(C)c3cccc(Cl)c3)C2)c1. The Morgan fingerprint density at radius 1 is 1.14 bits per heavy atom. The minimum atomic E-state index is -0.190. The summed E-state index contributed by atoms with van der Waals surface area (Å²) in [4.78, 5) is 27.5. The predicted octanol–water partition coefficient (Wildman–Crippen LogP) is 4.69. The van der Waals surface area contributed by atoms with Crippen molar-refractivity contribution >= 4 is 23.4 Å². The molecule has 0 aliphatic carbocycles. The van der Waals surface area contributed by atoms with Gasteiger partial charge in [0, 0.05) is 23.7 Å². The Morgan fingerprint density at radius 3 is 2.54 bits per heavy atom. The van der Waals surface area contributed by atoms with E-state index in [1.807, 2.05) is 62.1 Å². The lowest BCUT2D eigenvalue weighted by molar-refractivity contribution is -0.127. The molecule has 28 heavy (non-hydrogen) atoms. The normalized spacial score (nSPS) is 17.9. The molecular weight excluding hydrogens is 372 g/mol. The van der Waals surface area contributed by atoms with E-state index in [1.165, 1.54) is 0 Å². The number of carbonyl (C=O) groups is 2. The highest BCUT2D eigenvalue weighted by atomic mass is 35.5. The zero-order chi connectivity index (χ0) is 20.3. The lowest BCUT2D eigenvalue weighted by Gasteiger charge is -2.33. The van der Waals surface area contributed by atoms with E-state index in [0.717, 1.165) is 29.5 Å². The highest BCUT2D eigenvalue weighted by Crippen LogP contribution is 2.22. The summed E-state index contributed by atoms with van der Waals surface area (Å²) in [5.74, 6) is -0.192. The summed E-state index contributed by atoms with van der Waals surface area (Å²) in [5, 5.41) is 3.73. The molecule has 1 N–H and O–H groups in total. The molecule has 0 saturated carbocycles. The molecule has 1 saturated heterocycles. The van der Waals surface area contributed by atoms with Gasteiger partial charge in [-0.05, 0) is 63.4 Å². The third-order valence-corrected chi connectivity index (χ3v) is 5.49. The second kappa shape index (κ2) is 8.78. The van der Waals surface area contributed by atoms with E-state index in [0.29, 0.717) is 23.7 Å². The van der Waals surface area contributed by atoms with Crippen molar-refractivity contribution in [1.82, 2.24) is 10.2 Å². The number of aryl methyl sites for hydroxylation is 2. The van der Waals surface area contributed by atoms with Crippen LogP contribution < -0.4 is 5.32 Å². The molecule has 5 heteroatoms. The predicted molar refractivity (Wildman–Crippen MR) is 113 cm³/mol. The summed E-state index contributed by atoms with van der Waals surface area (Å²) in [6, 6.07) is 13.3. The zero-order valence-corrected chi connectivity index (χ0v) is 17.4. The topological polar surface area (TPSA) is 49.4 Å². The Kier molecular flexibility index (Phi) is 6.40. The summed E-state index contributed by atoms with van der Waals surface area (Å²) in [6.07, 6.45) is 1.63. The molecule has 2 unspecified atom stereocenters. The third kappa shape index (κ3) is 4.93. The molecule has 2 aromatic rings. The van der Waals surface area contributed by atoms with Crippen LogP contribution in [-0.4, -0.2) is 29.8 Å². The van der Waals surface area contributed by atoms with Crippen LogP contribution in [0.2, 0.25) is 5.02 Å². The van der Waals surface area contributed by atoms with Crippen molar-refractivity contribution in [1.29, 1.82) is 0 Å². The van der Waals surface area contributed by atoms with E-state index >= 15 is 0 Å². The quantitative estimate of drug-likeness (QED) is 0.812. The molecule has 0 radical (unpaired) electrons. The first-order chi connectivity index (χ1) is 13.3. The van der Waals surface area contributed by atoms with Gasteiger partial charge in [0.25, 0.3) is 5.91 Å². The Labute approximate surface area is 171 Å². The largest absolute Gasteiger partial charge is 0.349 e. The third-order valence-electron chi connectivity index (χ3n) is 5.26. The number of hydrogen-bond donors (Lipinski definition) is 1. The number of likely N-dealkylation sites (tertiary alicyclic amines) is 1. The first kappa shape index (κ1) is 20.4. The molecule has 0 aromatic heterocycles. The maximum Gasteiger partial charge on any atom is 0.253 e. The van der Waals surface area contributed by atoms with Gasteiger partial charge in [-0.2, -0.15) is 0 Å². The molecular formula is C23H27ClN2O2. The fraction of sp³-hybridized carbons (Fsp3) is 0.391. The van der Waals surface area contributed by atoms with Crippen molar-refractivity contribution in [2.24, 2.45) is 5.92 Å². The Bertz CT molecular complexity index is 860. The van der Waals surface area contributed by atoms with Gasteiger partial charge < -0.3 is 10.2 Å². The van der Waals surface area contributed by atoms with E-state index in [2.05, 4.69) is 11.4 Å². The number of rotatable bonds is 4. The van der Waals surface area contributed by atoms with Crippen LogP contribution in [0.5, 0.6) is 0 Å². The van der Waals surface area contributed by atoms with E-state index < -0.39 is 0 Å². The molecule has 0 spiro atoms. The molecule has 1 aliphatic heterocycles. The number of nitrogens with zero attached hydrogens (tertiary/aromatic N) is 1. The van der Waals surface area contributed by atoms with Crippen molar-refractivity contribution in [2.75, 3.05) is 13.1 Å². The summed E-state index contributed by atoms with van der Waals surface area (Å²) >= 11 is 6.05. The Morgan fingerprint density at radius 2 is 1.86 bits per heavy atom. The molecule has 2 atom stereocenters. The Hall–Kier alpha value is -2.33. The van der Waals surface area contributed by atoms with E-state index in [4.69, 9.17) is 11.6 Å². The van der Waals surface area contributed by atoms with Crippen LogP contribution >= 0.6 is 11.6 Å². The number of carbonyl (C=O) groups excluding carboxylic acids is 2. The average molecular weight is 399 g/mol. The standard InChI is InChI=1S/C23H27ClN2O2/c1-15-10-16(2)12-20(11-15)23(28)26-9-5-7-19(14-26)22(27)25-17(3)18-6-4-8-21(24)13-18/h4,6,8,10-13,17,19H,5,7,9,14H2,1-3H3,(H,25,27). The van der Waals surface area contributed by atoms with E-state index in [9.17, 15) is 9.59 Å². The first-order valence-electron chi connectivity index (χ1n) is 9.77. The van der Waals surface area contributed by atoms with Gasteiger partial charge in [0.2, 0.25) is 5.91 Å². The number of halogens is 1. The molecule has 4 nitrogen and oxygen atoms in total. The first-order valence-corrected chi connectivity index (χ1v) is 10.1. The smallest absolute Gasteiger partial charge is 0.253 e. The monoisotopic (exact) mass is 398 g/mol. The van der Waals surface area contributed by atoms with E-state index in [-0.39, 0.29) is 23.8 Å². The maximum absolute atomic E-state index is 12.9. The molecule has 1 aliphatic rings. The van der Waals surface area contributed by atoms with Crippen LogP contribution in [0.3, 0.4) is 0 Å². The number of amides is 2. The molecule has 2 aromatic carbocycles. The van der Waals surface area contributed by atoms with Crippen molar-refractivity contribution in [2.45, 2.75) is 39.7 Å². The summed E-state index contributed by atoms with van der Waals surface area (Å²) in [7, 11) is 0. The van der Waals surface area contributed by atoms with Gasteiger partial charge in [0.05, 0.1) is 12.0 Å². The number of hydrogen-bond acceptors (Lipinski definition) is 2. The molecule has 1 heterocycles. The van der Waals surface area contributed by atoms with Gasteiger partial charge in [0.1, 0.15) is 0 Å². The van der Waals surface area contributed by atoms with E-state index in [1.54, 1.807) is 0 Å². The average Bonchev–Trinajstić information content (AvgIpc) is 2.66. The summed E-state index contributed by atoms with van der Waals surface area (Å²) in [5.41, 5.74) is 3.82. The van der Waals surface area contributed by atoms with Gasteiger partial charge >= 0.3 is 0 Å². The van der Waals surface area contributed by atoms with Gasteiger partial charge in [-0.3, -0.25) is 9.59 Å². The molecule has 0 bridgehead atoms. The fourth-order valence-corrected chi connectivity index (χ4v) is 4.05. The minimum absolute atomic E-state index is 0.00666. The molecule has 2 amide bonds. The number of piperidine rings is 1. The van der Waals surface area contributed by atoms with Crippen molar-refractivity contribution in [3.05, 3.63) is 69.7 Å².